The van der Waals surface area contributed by atoms with Crippen LogP contribution in [0.4, 0.5) is 11.4 Å². The lowest BCUT2D eigenvalue weighted by molar-refractivity contribution is 0.0963. The highest BCUT2D eigenvalue weighted by Crippen LogP contribution is 2.21. The predicted molar refractivity (Wildman–Crippen MR) is 85.7 cm³/mol. The van der Waals surface area contributed by atoms with Crippen molar-refractivity contribution in [1.82, 2.24) is 5.32 Å². The van der Waals surface area contributed by atoms with Gasteiger partial charge in [-0.05, 0) is 35.9 Å². The van der Waals surface area contributed by atoms with Crippen molar-refractivity contribution in [2.24, 2.45) is 0 Å². The first-order chi connectivity index (χ1) is 9.60. The molecule has 0 saturated carbocycles. The van der Waals surface area contributed by atoms with Crippen LogP contribution in [0.15, 0.2) is 46.9 Å². The van der Waals surface area contributed by atoms with E-state index in [1.165, 1.54) is 0 Å². The fraction of sp³-hybridized carbons (Fsp3) is 0.133. The molecule has 0 aliphatic carbocycles. The first kappa shape index (κ1) is 14.4. The molecular weight excluding hydrogens is 318 g/mol. The SMILES string of the molecule is CNC(=O)c1ccc(N)c(NCc2cccc(Br)c2)c1. The fourth-order valence-electron chi connectivity index (χ4n) is 1.84. The van der Waals surface area contributed by atoms with E-state index in [1.807, 2.05) is 24.3 Å². The van der Waals surface area contributed by atoms with Gasteiger partial charge >= 0.3 is 0 Å². The quantitative estimate of drug-likeness (QED) is 0.753. The van der Waals surface area contributed by atoms with Gasteiger partial charge in [-0.3, -0.25) is 4.79 Å². The largest absolute Gasteiger partial charge is 0.397 e. The number of rotatable bonds is 4. The van der Waals surface area contributed by atoms with Gasteiger partial charge in [0.25, 0.3) is 5.91 Å². The number of hydrogen-bond donors (Lipinski definition) is 3. The second kappa shape index (κ2) is 6.43. The average Bonchev–Trinajstić information content (AvgIpc) is 2.45. The summed E-state index contributed by atoms with van der Waals surface area (Å²) in [7, 11) is 1.60. The van der Waals surface area contributed by atoms with Crippen LogP contribution in [0.3, 0.4) is 0 Å². The number of hydrogen-bond acceptors (Lipinski definition) is 3. The summed E-state index contributed by atoms with van der Waals surface area (Å²) in [4.78, 5) is 11.6. The first-order valence-electron chi connectivity index (χ1n) is 6.20. The van der Waals surface area contributed by atoms with Gasteiger partial charge in [0.2, 0.25) is 0 Å². The maximum Gasteiger partial charge on any atom is 0.251 e. The summed E-state index contributed by atoms with van der Waals surface area (Å²) in [5.41, 5.74) is 9.01. The van der Waals surface area contributed by atoms with Gasteiger partial charge in [-0.25, -0.2) is 0 Å². The Labute approximate surface area is 126 Å². The Bertz CT molecular complexity index is 628. The Morgan fingerprint density at radius 2 is 2.05 bits per heavy atom. The highest BCUT2D eigenvalue weighted by Gasteiger charge is 2.06. The summed E-state index contributed by atoms with van der Waals surface area (Å²) in [6.07, 6.45) is 0. The lowest BCUT2D eigenvalue weighted by atomic mass is 10.1. The van der Waals surface area contributed by atoms with Crippen molar-refractivity contribution in [2.75, 3.05) is 18.1 Å². The summed E-state index contributed by atoms with van der Waals surface area (Å²) in [5, 5.41) is 5.85. The predicted octanol–water partition coefficient (Wildman–Crippen LogP) is 3.00. The van der Waals surface area contributed by atoms with Gasteiger partial charge in [0.05, 0.1) is 11.4 Å². The zero-order valence-electron chi connectivity index (χ0n) is 11.1. The molecule has 0 unspecified atom stereocenters. The van der Waals surface area contributed by atoms with E-state index < -0.39 is 0 Å². The number of carbonyl (C=O) groups excluding carboxylic acids is 1. The number of nitrogen functional groups attached to an aromatic ring is 1. The minimum Gasteiger partial charge on any atom is -0.397 e. The summed E-state index contributed by atoms with van der Waals surface area (Å²) in [6, 6.07) is 13.2. The smallest absolute Gasteiger partial charge is 0.251 e. The minimum atomic E-state index is -0.129. The molecule has 2 rings (SSSR count). The first-order valence-corrected chi connectivity index (χ1v) is 6.99. The van der Waals surface area contributed by atoms with Gasteiger partial charge in [0.15, 0.2) is 0 Å². The minimum absolute atomic E-state index is 0.129. The molecule has 0 saturated heterocycles. The molecule has 2 aromatic carbocycles. The summed E-state index contributed by atoms with van der Waals surface area (Å²) >= 11 is 3.44. The molecule has 0 aliphatic rings. The molecule has 0 spiro atoms. The Hall–Kier alpha value is -2.01. The second-order valence-corrected chi connectivity index (χ2v) is 5.28. The highest BCUT2D eigenvalue weighted by molar-refractivity contribution is 9.10. The summed E-state index contributed by atoms with van der Waals surface area (Å²) in [5.74, 6) is -0.129. The molecule has 0 aliphatic heterocycles. The van der Waals surface area contributed by atoms with Crippen molar-refractivity contribution in [3.8, 4) is 0 Å². The standard InChI is InChI=1S/C15H16BrN3O/c1-18-15(20)11-5-6-13(17)14(8-11)19-9-10-3-2-4-12(16)7-10/h2-8,19H,9,17H2,1H3,(H,18,20). The maximum atomic E-state index is 11.6. The summed E-state index contributed by atoms with van der Waals surface area (Å²) in [6.45, 7) is 0.640. The van der Waals surface area contributed by atoms with Gasteiger partial charge in [0, 0.05) is 23.6 Å². The molecule has 0 heterocycles. The third kappa shape index (κ3) is 3.51. The normalized spacial score (nSPS) is 10.1. The van der Waals surface area contributed by atoms with Gasteiger partial charge < -0.3 is 16.4 Å². The number of carbonyl (C=O) groups is 1. The van der Waals surface area contributed by atoms with Gasteiger partial charge in [-0.15, -0.1) is 0 Å². The van der Waals surface area contributed by atoms with Crippen LogP contribution in [0, 0.1) is 0 Å². The molecule has 2 aromatic rings. The van der Waals surface area contributed by atoms with Gasteiger partial charge in [-0.1, -0.05) is 28.1 Å². The van der Waals surface area contributed by atoms with E-state index in [2.05, 4.69) is 26.6 Å². The van der Waals surface area contributed by atoms with E-state index in [4.69, 9.17) is 5.73 Å². The number of nitrogens with one attached hydrogen (secondary N) is 2. The van der Waals surface area contributed by atoms with Gasteiger partial charge in [0.1, 0.15) is 0 Å². The number of benzene rings is 2. The topological polar surface area (TPSA) is 67.2 Å². The van der Waals surface area contributed by atoms with E-state index in [1.54, 1.807) is 25.2 Å². The maximum absolute atomic E-state index is 11.6. The van der Waals surface area contributed by atoms with E-state index in [0.717, 1.165) is 15.7 Å². The Morgan fingerprint density at radius 1 is 1.25 bits per heavy atom. The average molecular weight is 334 g/mol. The third-order valence-corrected chi connectivity index (χ3v) is 3.41. The molecular formula is C15H16BrN3O. The van der Waals surface area contributed by atoms with Crippen LogP contribution in [0.5, 0.6) is 0 Å². The van der Waals surface area contributed by atoms with E-state index in [9.17, 15) is 4.79 Å². The molecule has 0 atom stereocenters. The van der Waals surface area contributed by atoms with Crippen molar-refractivity contribution < 1.29 is 4.79 Å². The van der Waals surface area contributed by atoms with E-state index in [-0.39, 0.29) is 5.91 Å². The van der Waals surface area contributed by atoms with E-state index >= 15 is 0 Å². The van der Waals surface area contributed by atoms with Crippen molar-refractivity contribution >= 4 is 33.2 Å². The molecule has 20 heavy (non-hydrogen) atoms. The zero-order chi connectivity index (χ0) is 14.5. The second-order valence-electron chi connectivity index (χ2n) is 4.36. The third-order valence-electron chi connectivity index (χ3n) is 2.91. The molecule has 1 amide bonds. The summed E-state index contributed by atoms with van der Waals surface area (Å²) < 4.78 is 1.03. The van der Waals surface area contributed by atoms with Crippen molar-refractivity contribution in [3.63, 3.8) is 0 Å². The van der Waals surface area contributed by atoms with Crippen LogP contribution in [-0.4, -0.2) is 13.0 Å². The fourth-order valence-corrected chi connectivity index (χ4v) is 2.29. The van der Waals surface area contributed by atoms with E-state index in [0.29, 0.717) is 17.8 Å². The molecule has 5 heteroatoms. The lowest BCUT2D eigenvalue weighted by Gasteiger charge is -2.11. The number of amides is 1. The highest BCUT2D eigenvalue weighted by atomic mass is 79.9. The monoisotopic (exact) mass is 333 g/mol. The Balaban J connectivity index is 2.14. The van der Waals surface area contributed by atoms with Crippen LogP contribution in [-0.2, 0) is 6.54 Å². The van der Waals surface area contributed by atoms with Crippen LogP contribution in [0.25, 0.3) is 0 Å². The zero-order valence-corrected chi connectivity index (χ0v) is 12.7. The number of halogens is 1. The molecule has 4 nitrogen and oxygen atoms in total. The number of anilines is 2. The molecule has 4 N–H and O–H groups in total. The molecule has 0 aromatic heterocycles. The molecule has 0 radical (unpaired) electrons. The molecule has 0 bridgehead atoms. The van der Waals surface area contributed by atoms with Crippen molar-refractivity contribution in [3.05, 3.63) is 58.1 Å². The molecule has 104 valence electrons. The van der Waals surface area contributed by atoms with Crippen LogP contribution in [0.2, 0.25) is 0 Å². The number of nitrogens with two attached hydrogens (primary N) is 1. The molecule has 0 fully saturated rings. The van der Waals surface area contributed by atoms with Crippen molar-refractivity contribution in [2.45, 2.75) is 6.54 Å². The lowest BCUT2D eigenvalue weighted by Crippen LogP contribution is -2.18. The van der Waals surface area contributed by atoms with Crippen LogP contribution >= 0.6 is 15.9 Å². The van der Waals surface area contributed by atoms with Crippen LogP contribution in [0.1, 0.15) is 15.9 Å². The Morgan fingerprint density at radius 3 is 2.75 bits per heavy atom. The Kier molecular flexibility index (Phi) is 4.63. The van der Waals surface area contributed by atoms with Crippen LogP contribution < -0.4 is 16.4 Å². The van der Waals surface area contributed by atoms with Gasteiger partial charge in [-0.2, -0.15) is 0 Å². The van der Waals surface area contributed by atoms with Crippen molar-refractivity contribution in [1.29, 1.82) is 0 Å².